The number of carbonyl (C=O) groups is 1. The summed E-state index contributed by atoms with van der Waals surface area (Å²) in [7, 11) is 0. The number of nitrogens with zero attached hydrogens (tertiary/aromatic N) is 1. The number of benzene rings is 3. The van der Waals surface area contributed by atoms with Crippen molar-refractivity contribution in [3.8, 4) is 11.1 Å². The molecule has 0 radical (unpaired) electrons. The van der Waals surface area contributed by atoms with Gasteiger partial charge in [0.25, 0.3) is 0 Å². The van der Waals surface area contributed by atoms with Crippen LogP contribution in [-0.2, 0) is 6.54 Å². The highest BCUT2D eigenvalue weighted by molar-refractivity contribution is 5.97. The lowest BCUT2D eigenvalue weighted by molar-refractivity contribution is 0.112. The van der Waals surface area contributed by atoms with Gasteiger partial charge in [-0.15, -0.1) is 0 Å². The van der Waals surface area contributed by atoms with Gasteiger partial charge < -0.3 is 4.57 Å². The number of carbonyl (C=O) groups excluding carboxylic acids is 1. The Morgan fingerprint density at radius 3 is 2.25 bits per heavy atom. The topological polar surface area (TPSA) is 22.0 Å². The van der Waals surface area contributed by atoms with Gasteiger partial charge in [-0.2, -0.15) is 0 Å². The fraction of sp³-hybridized carbons (Fsp3) is 0.0455. The summed E-state index contributed by atoms with van der Waals surface area (Å²) in [4.78, 5) is 11.2. The van der Waals surface area contributed by atoms with Gasteiger partial charge in [0.1, 0.15) is 0 Å². The van der Waals surface area contributed by atoms with Crippen molar-refractivity contribution in [3.63, 3.8) is 0 Å². The van der Waals surface area contributed by atoms with E-state index in [4.69, 9.17) is 0 Å². The van der Waals surface area contributed by atoms with Gasteiger partial charge >= 0.3 is 0 Å². The zero-order valence-electron chi connectivity index (χ0n) is 13.2. The first-order chi connectivity index (χ1) is 11.8. The maximum absolute atomic E-state index is 11.2. The minimum Gasteiger partial charge on any atom is -0.343 e. The SMILES string of the molecule is O=Cc1cccc2c1ccn2Cc1ccc(-c2ccccc2)cc1. The second kappa shape index (κ2) is 6.17. The molecule has 2 heteroatoms. The van der Waals surface area contributed by atoms with E-state index in [0.29, 0.717) is 0 Å². The number of rotatable bonds is 4. The van der Waals surface area contributed by atoms with Gasteiger partial charge in [0.05, 0.1) is 0 Å². The molecule has 0 amide bonds. The Labute approximate surface area is 141 Å². The summed E-state index contributed by atoms with van der Waals surface area (Å²) < 4.78 is 2.18. The van der Waals surface area contributed by atoms with Crippen LogP contribution in [0.25, 0.3) is 22.0 Å². The van der Waals surface area contributed by atoms with Crippen LogP contribution in [0.3, 0.4) is 0 Å². The molecule has 4 aromatic rings. The molecule has 116 valence electrons. The van der Waals surface area contributed by atoms with E-state index >= 15 is 0 Å². The van der Waals surface area contributed by atoms with Crippen LogP contribution in [0.1, 0.15) is 15.9 Å². The van der Waals surface area contributed by atoms with Crippen LogP contribution in [-0.4, -0.2) is 10.9 Å². The third kappa shape index (κ3) is 2.63. The maximum atomic E-state index is 11.2. The molecule has 0 N–H and O–H groups in total. The Kier molecular flexibility index (Phi) is 3.72. The van der Waals surface area contributed by atoms with E-state index in [0.717, 1.165) is 29.3 Å². The minimum atomic E-state index is 0.741. The van der Waals surface area contributed by atoms with Gasteiger partial charge in [0.15, 0.2) is 6.29 Å². The molecule has 4 rings (SSSR count). The van der Waals surface area contributed by atoms with Gasteiger partial charge in [-0.3, -0.25) is 4.79 Å². The summed E-state index contributed by atoms with van der Waals surface area (Å²) >= 11 is 0. The predicted octanol–water partition coefficient (Wildman–Crippen LogP) is 5.17. The lowest BCUT2D eigenvalue weighted by atomic mass is 10.0. The second-order valence-electron chi connectivity index (χ2n) is 5.90. The molecule has 0 aliphatic heterocycles. The minimum absolute atomic E-state index is 0.741. The molecule has 24 heavy (non-hydrogen) atoms. The molecule has 1 aromatic heterocycles. The molecule has 1 heterocycles. The number of hydrogen-bond donors (Lipinski definition) is 0. The molecule has 2 nitrogen and oxygen atoms in total. The van der Waals surface area contributed by atoms with E-state index in [9.17, 15) is 4.79 Å². The summed E-state index contributed by atoms with van der Waals surface area (Å²) in [6.45, 7) is 0.793. The molecule has 0 aliphatic carbocycles. The molecule has 0 saturated heterocycles. The van der Waals surface area contributed by atoms with Crippen LogP contribution in [0.5, 0.6) is 0 Å². The summed E-state index contributed by atoms with van der Waals surface area (Å²) in [6.07, 6.45) is 2.96. The highest BCUT2D eigenvalue weighted by Gasteiger charge is 2.05. The zero-order chi connectivity index (χ0) is 16.4. The molecule has 0 fully saturated rings. The van der Waals surface area contributed by atoms with Crippen molar-refractivity contribution >= 4 is 17.2 Å². The monoisotopic (exact) mass is 311 g/mol. The third-order valence-electron chi connectivity index (χ3n) is 4.39. The first-order valence-electron chi connectivity index (χ1n) is 8.02. The van der Waals surface area contributed by atoms with Crippen LogP contribution in [0, 0.1) is 0 Å². The summed E-state index contributed by atoms with van der Waals surface area (Å²) in [5, 5.41) is 1.01. The standard InChI is InChI=1S/C22H17NO/c24-16-20-7-4-8-22-21(20)13-14-23(22)15-17-9-11-19(12-10-17)18-5-2-1-3-6-18/h1-14,16H,15H2. The van der Waals surface area contributed by atoms with E-state index in [1.807, 2.05) is 30.5 Å². The van der Waals surface area contributed by atoms with Crippen LogP contribution >= 0.6 is 0 Å². The van der Waals surface area contributed by atoms with Crippen molar-refractivity contribution in [3.05, 3.63) is 96.2 Å². The molecular formula is C22H17NO. The molecule has 3 aromatic carbocycles. The van der Waals surface area contributed by atoms with Gasteiger partial charge in [-0.25, -0.2) is 0 Å². The first kappa shape index (κ1) is 14.5. The Hall–Kier alpha value is -3.13. The average molecular weight is 311 g/mol. The van der Waals surface area contributed by atoms with E-state index in [1.54, 1.807) is 0 Å². The van der Waals surface area contributed by atoms with Crippen molar-refractivity contribution in [1.29, 1.82) is 0 Å². The first-order valence-corrected chi connectivity index (χ1v) is 8.02. The number of hydrogen-bond acceptors (Lipinski definition) is 1. The summed E-state index contributed by atoms with van der Waals surface area (Å²) in [5.74, 6) is 0. The summed E-state index contributed by atoms with van der Waals surface area (Å²) in [6, 6.07) is 26.9. The van der Waals surface area contributed by atoms with Crippen LogP contribution in [0.4, 0.5) is 0 Å². The Morgan fingerprint density at radius 1 is 0.750 bits per heavy atom. The van der Waals surface area contributed by atoms with E-state index in [2.05, 4.69) is 59.2 Å². The molecular weight excluding hydrogens is 294 g/mol. The van der Waals surface area contributed by atoms with E-state index < -0.39 is 0 Å². The molecule has 0 aliphatic rings. The molecule has 0 bridgehead atoms. The van der Waals surface area contributed by atoms with Crippen molar-refractivity contribution in [2.45, 2.75) is 6.54 Å². The van der Waals surface area contributed by atoms with E-state index in [1.165, 1.54) is 16.7 Å². The highest BCUT2D eigenvalue weighted by atomic mass is 16.1. The average Bonchev–Trinajstić information content (AvgIpc) is 3.06. The van der Waals surface area contributed by atoms with Crippen molar-refractivity contribution < 1.29 is 4.79 Å². The van der Waals surface area contributed by atoms with Crippen molar-refractivity contribution in [1.82, 2.24) is 4.57 Å². The van der Waals surface area contributed by atoms with Crippen LogP contribution in [0.2, 0.25) is 0 Å². The molecule has 0 saturated carbocycles. The quantitative estimate of drug-likeness (QED) is 0.477. The molecule has 0 unspecified atom stereocenters. The Balaban J connectivity index is 1.63. The van der Waals surface area contributed by atoms with E-state index in [-0.39, 0.29) is 0 Å². The lowest BCUT2D eigenvalue weighted by Crippen LogP contribution is -1.98. The zero-order valence-corrected chi connectivity index (χ0v) is 13.2. The van der Waals surface area contributed by atoms with Crippen molar-refractivity contribution in [2.24, 2.45) is 0 Å². The predicted molar refractivity (Wildman–Crippen MR) is 98.3 cm³/mol. The largest absolute Gasteiger partial charge is 0.343 e. The number of fused-ring (bicyclic) bond motifs is 1. The Morgan fingerprint density at radius 2 is 1.50 bits per heavy atom. The smallest absolute Gasteiger partial charge is 0.150 e. The highest BCUT2D eigenvalue weighted by Crippen LogP contribution is 2.22. The normalized spacial score (nSPS) is 10.8. The van der Waals surface area contributed by atoms with Crippen molar-refractivity contribution in [2.75, 3.05) is 0 Å². The number of aldehydes is 1. The lowest BCUT2D eigenvalue weighted by Gasteiger charge is -2.08. The maximum Gasteiger partial charge on any atom is 0.150 e. The van der Waals surface area contributed by atoms with Gasteiger partial charge in [0.2, 0.25) is 0 Å². The van der Waals surface area contributed by atoms with Gasteiger partial charge in [-0.1, -0.05) is 66.7 Å². The number of aromatic nitrogens is 1. The third-order valence-corrected chi connectivity index (χ3v) is 4.39. The van der Waals surface area contributed by atoms with Gasteiger partial charge in [0, 0.05) is 29.2 Å². The van der Waals surface area contributed by atoms with Gasteiger partial charge in [-0.05, 0) is 28.8 Å². The molecule has 0 atom stereocenters. The Bertz CT molecular complexity index is 982. The second-order valence-corrected chi connectivity index (χ2v) is 5.90. The fourth-order valence-electron chi connectivity index (χ4n) is 3.12. The van der Waals surface area contributed by atoms with Crippen LogP contribution < -0.4 is 0 Å². The molecule has 0 spiro atoms. The summed E-state index contributed by atoms with van der Waals surface area (Å²) in [5.41, 5.74) is 5.52. The van der Waals surface area contributed by atoms with Crippen LogP contribution in [0.15, 0.2) is 85.1 Å². The fourth-order valence-corrected chi connectivity index (χ4v) is 3.12.